The van der Waals surface area contributed by atoms with Crippen LogP contribution < -0.4 is 15.2 Å². The average molecular weight is 598 g/mol. The van der Waals surface area contributed by atoms with Gasteiger partial charge in [-0.05, 0) is 51.1 Å². The number of carbonyl (C=O) groups is 1. The molecule has 10 nitrogen and oxygen atoms in total. The number of H-pyrrole nitrogens is 1. The molecule has 2 atom stereocenters. The van der Waals surface area contributed by atoms with Crippen molar-refractivity contribution in [3.8, 4) is 22.9 Å². The van der Waals surface area contributed by atoms with Crippen LogP contribution in [0.2, 0.25) is 5.02 Å². The summed E-state index contributed by atoms with van der Waals surface area (Å²) in [5.74, 6) is 0.394. The Kier molecular flexibility index (Phi) is 6.67. The summed E-state index contributed by atoms with van der Waals surface area (Å²) in [5.41, 5.74) is 4.32. The second kappa shape index (κ2) is 10.4. The first-order valence-corrected chi connectivity index (χ1v) is 15.0. The lowest BCUT2D eigenvalue weighted by Gasteiger charge is -2.42. The van der Waals surface area contributed by atoms with Gasteiger partial charge in [-0.25, -0.2) is 0 Å². The van der Waals surface area contributed by atoms with Gasteiger partial charge in [0.15, 0.2) is 5.75 Å². The molecule has 4 aromatic rings. The van der Waals surface area contributed by atoms with Crippen molar-refractivity contribution in [3.05, 3.63) is 63.6 Å². The minimum absolute atomic E-state index is 0.0833. The molecule has 11 heteroatoms. The molecule has 220 valence electrons. The Morgan fingerprint density at radius 3 is 2.79 bits per heavy atom. The van der Waals surface area contributed by atoms with Crippen LogP contribution in [0.4, 0.5) is 5.69 Å². The molecule has 2 fully saturated rings. The number of ether oxygens (including phenoxy) is 1. The maximum absolute atomic E-state index is 14.4. The van der Waals surface area contributed by atoms with Gasteiger partial charge < -0.3 is 19.4 Å². The smallest absolute Gasteiger partial charge is 0.271 e. The highest BCUT2D eigenvalue weighted by molar-refractivity contribution is 6.35. The molecule has 2 aromatic carbocycles. The number of likely N-dealkylation sites (tertiary alicyclic amines) is 1. The number of aryl methyl sites for hydroxylation is 1. The lowest BCUT2D eigenvalue weighted by atomic mass is 9.93. The topological polar surface area (TPSA) is 110 Å². The zero-order valence-electron chi connectivity index (χ0n) is 24.2. The molecule has 0 radical (unpaired) electrons. The predicted molar refractivity (Wildman–Crippen MR) is 167 cm³/mol. The van der Waals surface area contributed by atoms with Gasteiger partial charge in [0.1, 0.15) is 18.2 Å². The number of rotatable bonds is 5. The maximum atomic E-state index is 14.4. The van der Waals surface area contributed by atoms with Gasteiger partial charge in [-0.2, -0.15) is 10.4 Å². The lowest BCUT2D eigenvalue weighted by Crippen LogP contribution is -2.54. The Hall–Kier alpha value is -4.33. The Bertz CT molecular complexity index is 1920. The van der Waals surface area contributed by atoms with E-state index in [2.05, 4.69) is 32.6 Å². The summed E-state index contributed by atoms with van der Waals surface area (Å²) >= 11 is 7.18. The van der Waals surface area contributed by atoms with Gasteiger partial charge in [-0.1, -0.05) is 30.3 Å². The van der Waals surface area contributed by atoms with Crippen molar-refractivity contribution < 1.29 is 9.53 Å². The molecule has 3 aliphatic rings. The second-order valence-electron chi connectivity index (χ2n) is 11.7. The van der Waals surface area contributed by atoms with Crippen molar-refractivity contribution in [3.63, 3.8) is 0 Å². The zero-order chi connectivity index (χ0) is 30.0. The molecule has 5 heterocycles. The summed E-state index contributed by atoms with van der Waals surface area (Å²) in [6.07, 6.45) is 4.22. The first-order valence-electron chi connectivity index (χ1n) is 14.6. The van der Waals surface area contributed by atoms with Gasteiger partial charge in [-0.3, -0.25) is 19.3 Å². The van der Waals surface area contributed by atoms with E-state index < -0.39 is 0 Å². The largest absolute Gasteiger partial charge is 0.488 e. The highest BCUT2D eigenvalue weighted by atomic mass is 35.5. The molecule has 2 saturated heterocycles. The standard InChI is InChI=1S/C32H32ClN7O3/c1-4-25(41)38-10-11-39(19(3)15-38)29-22-12-24(33)27(26-18(2)6-7-20-14-35-36-28(20)26)31-30(22)40(32(42)23(29)13-34)21(17-43-31)16-37-8-5-9-37/h4,6-7,12,14,19,21H,1,5,8-11,15-17H2,2-3H3,(H,35,36)/t19-,21?/m0/s1. The van der Waals surface area contributed by atoms with Crippen molar-refractivity contribution >= 4 is 45.0 Å². The number of benzene rings is 2. The maximum Gasteiger partial charge on any atom is 0.271 e. The van der Waals surface area contributed by atoms with E-state index in [0.717, 1.165) is 41.5 Å². The van der Waals surface area contributed by atoms with E-state index in [9.17, 15) is 14.9 Å². The van der Waals surface area contributed by atoms with Crippen molar-refractivity contribution in [2.24, 2.45) is 0 Å². The molecule has 1 N–H and O–H groups in total. The van der Waals surface area contributed by atoms with Gasteiger partial charge in [0.2, 0.25) is 5.91 Å². The molecule has 0 bridgehead atoms. The molecule has 1 amide bonds. The second-order valence-corrected chi connectivity index (χ2v) is 12.1. The molecule has 3 aliphatic heterocycles. The van der Waals surface area contributed by atoms with E-state index in [1.165, 1.54) is 6.08 Å². The molecule has 0 saturated carbocycles. The Morgan fingerprint density at radius 1 is 1.28 bits per heavy atom. The van der Waals surface area contributed by atoms with Crippen molar-refractivity contribution in [2.75, 3.05) is 50.8 Å². The molecule has 7 rings (SSSR count). The van der Waals surface area contributed by atoms with Crippen LogP contribution in [0.5, 0.6) is 5.75 Å². The van der Waals surface area contributed by atoms with Crippen molar-refractivity contribution in [1.82, 2.24) is 24.6 Å². The Labute approximate surface area is 253 Å². The fourth-order valence-corrected chi connectivity index (χ4v) is 7.21. The van der Waals surface area contributed by atoms with Gasteiger partial charge in [-0.15, -0.1) is 0 Å². The predicted octanol–water partition coefficient (Wildman–Crippen LogP) is 4.24. The number of aromatic nitrogens is 3. The zero-order valence-corrected chi connectivity index (χ0v) is 24.9. The first kappa shape index (κ1) is 27.5. The minimum atomic E-state index is -0.332. The fraction of sp³-hybridized carbons (Fsp3) is 0.375. The van der Waals surface area contributed by atoms with Crippen LogP contribution in [0.1, 0.15) is 30.5 Å². The number of hydrogen-bond donors (Lipinski definition) is 1. The number of fused-ring (bicyclic) bond motifs is 1. The van der Waals surface area contributed by atoms with E-state index >= 15 is 0 Å². The molecule has 0 aliphatic carbocycles. The highest BCUT2D eigenvalue weighted by Crippen LogP contribution is 2.49. The van der Waals surface area contributed by atoms with Crippen LogP contribution in [-0.2, 0) is 4.79 Å². The Morgan fingerprint density at radius 2 is 2.09 bits per heavy atom. The number of pyridine rings is 1. The van der Waals surface area contributed by atoms with Crippen LogP contribution in [0.25, 0.3) is 32.9 Å². The molecule has 2 aromatic heterocycles. The van der Waals surface area contributed by atoms with Crippen molar-refractivity contribution in [2.45, 2.75) is 32.4 Å². The number of piperazine rings is 1. The first-order chi connectivity index (χ1) is 20.8. The van der Waals surface area contributed by atoms with Gasteiger partial charge >= 0.3 is 0 Å². The molecule has 0 spiro atoms. The summed E-state index contributed by atoms with van der Waals surface area (Å²) in [7, 11) is 0. The third-order valence-corrected chi connectivity index (χ3v) is 9.46. The van der Waals surface area contributed by atoms with Crippen molar-refractivity contribution in [1.29, 1.82) is 5.26 Å². The number of nitrogens with one attached hydrogen (secondary N) is 1. The van der Waals surface area contributed by atoms with Crippen LogP contribution in [-0.4, -0.2) is 82.4 Å². The highest BCUT2D eigenvalue weighted by Gasteiger charge is 2.37. The van der Waals surface area contributed by atoms with Crippen LogP contribution in [0.15, 0.2) is 41.8 Å². The summed E-state index contributed by atoms with van der Waals surface area (Å²) in [6.45, 7) is 11.9. The molecular formula is C32H32ClN7O3. The van der Waals surface area contributed by atoms with Crippen LogP contribution >= 0.6 is 11.6 Å². The molecule has 43 heavy (non-hydrogen) atoms. The minimum Gasteiger partial charge on any atom is -0.488 e. The third-order valence-electron chi connectivity index (χ3n) is 9.16. The number of nitrogens with zero attached hydrogens (tertiary/aromatic N) is 6. The number of hydrogen-bond acceptors (Lipinski definition) is 7. The lowest BCUT2D eigenvalue weighted by molar-refractivity contribution is -0.126. The van der Waals surface area contributed by atoms with Crippen LogP contribution in [0.3, 0.4) is 0 Å². The summed E-state index contributed by atoms with van der Waals surface area (Å²) in [4.78, 5) is 32.9. The number of halogens is 1. The third kappa shape index (κ3) is 4.21. The van der Waals surface area contributed by atoms with E-state index in [0.29, 0.717) is 59.1 Å². The van der Waals surface area contributed by atoms with Crippen LogP contribution in [0, 0.1) is 18.3 Å². The summed E-state index contributed by atoms with van der Waals surface area (Å²) in [5, 5.41) is 19.9. The number of anilines is 1. The number of amides is 1. The van der Waals surface area contributed by atoms with Gasteiger partial charge in [0, 0.05) is 54.1 Å². The monoisotopic (exact) mass is 597 g/mol. The van der Waals surface area contributed by atoms with Gasteiger partial charge in [0.25, 0.3) is 5.56 Å². The van der Waals surface area contributed by atoms with E-state index in [1.54, 1.807) is 15.7 Å². The number of carbonyl (C=O) groups excluding carboxylic acids is 1. The number of nitriles is 1. The van der Waals surface area contributed by atoms with E-state index in [-0.39, 0.29) is 35.7 Å². The SMILES string of the molecule is C=CC(=O)N1CCN(c2c(C#N)c(=O)n3c4c(c(-c5c(C)ccc6cn[nH]c56)c(Cl)cc24)OCC3CN2CCC2)[C@@H](C)C1. The Balaban J connectivity index is 1.52. The molecule has 1 unspecified atom stereocenters. The van der Waals surface area contributed by atoms with E-state index in [1.807, 2.05) is 32.0 Å². The summed E-state index contributed by atoms with van der Waals surface area (Å²) < 4.78 is 8.39. The number of aromatic amines is 1. The average Bonchev–Trinajstić information content (AvgIpc) is 3.46. The fourth-order valence-electron chi connectivity index (χ4n) is 6.92. The molecular weight excluding hydrogens is 566 g/mol. The normalized spacial score (nSPS) is 20.1. The van der Waals surface area contributed by atoms with E-state index in [4.69, 9.17) is 16.3 Å². The summed E-state index contributed by atoms with van der Waals surface area (Å²) in [6, 6.07) is 7.74. The van der Waals surface area contributed by atoms with Gasteiger partial charge in [0.05, 0.1) is 34.0 Å². The quantitative estimate of drug-likeness (QED) is 0.343.